The van der Waals surface area contributed by atoms with Gasteiger partial charge < -0.3 is 15.2 Å². The summed E-state index contributed by atoms with van der Waals surface area (Å²) in [5, 5.41) is 11.8. The van der Waals surface area contributed by atoms with Gasteiger partial charge in [-0.05, 0) is 18.2 Å². The third kappa shape index (κ3) is 5.13. The van der Waals surface area contributed by atoms with Crippen LogP contribution in [0.1, 0.15) is 31.1 Å². The number of thioether (sulfide) groups is 1. The van der Waals surface area contributed by atoms with Crippen LogP contribution in [0.4, 0.5) is 5.69 Å². The van der Waals surface area contributed by atoms with Gasteiger partial charge in [0.25, 0.3) is 0 Å². The number of nitrogens with one attached hydrogen (secondary N) is 1. The standard InChI is InChI=1S/C14H19NO4S/c1-14(2,3)20-8-12(16)15-11-6-5-9(19-4)7-10(11)13(17)18/h5-7H,8H2,1-4H3,(H,15,16)(H,17,18). The Labute approximate surface area is 122 Å². The van der Waals surface area contributed by atoms with E-state index in [0.29, 0.717) is 5.75 Å². The van der Waals surface area contributed by atoms with E-state index >= 15 is 0 Å². The highest BCUT2D eigenvalue weighted by molar-refractivity contribution is 8.01. The molecule has 6 heteroatoms. The summed E-state index contributed by atoms with van der Waals surface area (Å²) < 4.78 is 4.96. The molecule has 0 radical (unpaired) electrons. The van der Waals surface area contributed by atoms with Gasteiger partial charge in [0, 0.05) is 4.75 Å². The van der Waals surface area contributed by atoms with E-state index in [1.807, 2.05) is 20.8 Å². The molecule has 1 rings (SSSR count). The van der Waals surface area contributed by atoms with Crippen LogP contribution in [0.5, 0.6) is 5.75 Å². The number of carbonyl (C=O) groups excluding carboxylic acids is 1. The van der Waals surface area contributed by atoms with Crippen molar-refractivity contribution in [1.82, 2.24) is 0 Å². The fourth-order valence-electron chi connectivity index (χ4n) is 1.40. The van der Waals surface area contributed by atoms with Gasteiger partial charge in [-0.15, -0.1) is 11.8 Å². The summed E-state index contributed by atoms with van der Waals surface area (Å²) in [4.78, 5) is 23.0. The molecule has 0 saturated carbocycles. The smallest absolute Gasteiger partial charge is 0.337 e. The SMILES string of the molecule is COc1ccc(NC(=O)CSC(C)(C)C)c(C(=O)O)c1. The number of methoxy groups -OCH3 is 1. The van der Waals surface area contributed by atoms with Crippen LogP contribution in [0.3, 0.4) is 0 Å². The molecule has 0 unspecified atom stereocenters. The largest absolute Gasteiger partial charge is 0.497 e. The van der Waals surface area contributed by atoms with E-state index < -0.39 is 5.97 Å². The lowest BCUT2D eigenvalue weighted by atomic mass is 10.1. The van der Waals surface area contributed by atoms with Crippen LogP contribution >= 0.6 is 11.8 Å². The Morgan fingerprint density at radius 3 is 2.50 bits per heavy atom. The summed E-state index contributed by atoms with van der Waals surface area (Å²) in [5.74, 6) is -0.626. The summed E-state index contributed by atoms with van der Waals surface area (Å²) >= 11 is 1.50. The van der Waals surface area contributed by atoms with Gasteiger partial charge in [-0.3, -0.25) is 4.79 Å². The Hall–Kier alpha value is -1.69. The number of carboxylic acid groups (broad SMARTS) is 1. The molecule has 0 spiro atoms. The van der Waals surface area contributed by atoms with Crippen molar-refractivity contribution in [3.8, 4) is 5.75 Å². The average molecular weight is 297 g/mol. The maximum absolute atomic E-state index is 11.8. The van der Waals surface area contributed by atoms with Crippen molar-refractivity contribution in [1.29, 1.82) is 0 Å². The van der Waals surface area contributed by atoms with Crippen LogP contribution < -0.4 is 10.1 Å². The van der Waals surface area contributed by atoms with Crippen molar-refractivity contribution in [3.63, 3.8) is 0 Å². The summed E-state index contributed by atoms with van der Waals surface area (Å²) in [7, 11) is 1.46. The van der Waals surface area contributed by atoms with E-state index in [1.54, 1.807) is 6.07 Å². The van der Waals surface area contributed by atoms with Crippen molar-refractivity contribution in [3.05, 3.63) is 23.8 Å². The molecule has 0 bridgehead atoms. The van der Waals surface area contributed by atoms with Crippen LogP contribution in [0, 0.1) is 0 Å². The first kappa shape index (κ1) is 16.4. The van der Waals surface area contributed by atoms with E-state index in [0.717, 1.165) is 0 Å². The second-order valence-corrected chi connectivity index (χ2v) is 6.97. The summed E-state index contributed by atoms with van der Waals surface area (Å²) in [5.41, 5.74) is 0.288. The van der Waals surface area contributed by atoms with Crippen LogP contribution in [0.25, 0.3) is 0 Å². The number of carbonyl (C=O) groups is 2. The zero-order valence-electron chi connectivity index (χ0n) is 12.0. The van der Waals surface area contributed by atoms with E-state index in [4.69, 9.17) is 9.84 Å². The monoisotopic (exact) mass is 297 g/mol. The third-order valence-electron chi connectivity index (χ3n) is 2.37. The molecular formula is C14H19NO4S. The molecule has 5 nitrogen and oxygen atoms in total. The zero-order chi connectivity index (χ0) is 15.3. The van der Waals surface area contributed by atoms with E-state index in [1.165, 1.54) is 31.0 Å². The van der Waals surface area contributed by atoms with Crippen molar-refractivity contribution in [2.24, 2.45) is 0 Å². The number of aromatic carboxylic acids is 1. The molecule has 20 heavy (non-hydrogen) atoms. The number of hydrogen-bond acceptors (Lipinski definition) is 4. The fourth-order valence-corrected chi connectivity index (χ4v) is 2.04. The predicted octanol–water partition coefficient (Wildman–Crippen LogP) is 2.86. The highest BCUT2D eigenvalue weighted by atomic mass is 32.2. The molecule has 110 valence electrons. The van der Waals surface area contributed by atoms with Gasteiger partial charge in [-0.1, -0.05) is 20.8 Å². The molecule has 0 aliphatic heterocycles. The lowest BCUT2D eigenvalue weighted by molar-refractivity contribution is -0.113. The molecule has 1 aromatic carbocycles. The van der Waals surface area contributed by atoms with Crippen LogP contribution in [-0.2, 0) is 4.79 Å². The summed E-state index contributed by atoms with van der Waals surface area (Å²) in [6.45, 7) is 6.04. The highest BCUT2D eigenvalue weighted by Gasteiger charge is 2.16. The molecule has 0 saturated heterocycles. The van der Waals surface area contributed by atoms with Crippen molar-refractivity contribution in [2.45, 2.75) is 25.5 Å². The van der Waals surface area contributed by atoms with Crippen molar-refractivity contribution >= 4 is 29.3 Å². The summed E-state index contributed by atoms with van der Waals surface area (Å²) in [6, 6.07) is 4.52. The molecule has 2 N–H and O–H groups in total. The molecule has 0 aliphatic rings. The van der Waals surface area contributed by atoms with Gasteiger partial charge in [0.1, 0.15) is 5.75 Å². The highest BCUT2D eigenvalue weighted by Crippen LogP contribution is 2.25. The fraction of sp³-hybridized carbons (Fsp3) is 0.429. The Kier molecular flexibility index (Phi) is 5.44. The second-order valence-electron chi connectivity index (χ2n) is 5.17. The van der Waals surface area contributed by atoms with Crippen molar-refractivity contribution in [2.75, 3.05) is 18.2 Å². The number of anilines is 1. The molecule has 0 atom stereocenters. The molecule has 1 amide bonds. The Morgan fingerprint density at radius 1 is 1.35 bits per heavy atom. The van der Waals surface area contributed by atoms with Gasteiger partial charge in [0.15, 0.2) is 0 Å². The van der Waals surface area contributed by atoms with Crippen LogP contribution in [0.15, 0.2) is 18.2 Å². The Balaban J connectivity index is 2.81. The lowest BCUT2D eigenvalue weighted by Gasteiger charge is -2.17. The first-order valence-electron chi connectivity index (χ1n) is 6.08. The van der Waals surface area contributed by atoms with Crippen LogP contribution in [0.2, 0.25) is 0 Å². The summed E-state index contributed by atoms with van der Waals surface area (Å²) in [6.07, 6.45) is 0. The minimum absolute atomic E-state index is 0.0125. The van der Waals surface area contributed by atoms with E-state index in [2.05, 4.69) is 5.32 Å². The Bertz CT molecular complexity index is 508. The quantitative estimate of drug-likeness (QED) is 0.874. The average Bonchev–Trinajstić information content (AvgIpc) is 2.35. The van der Waals surface area contributed by atoms with Gasteiger partial charge in [0.05, 0.1) is 24.1 Å². The maximum atomic E-state index is 11.8. The maximum Gasteiger partial charge on any atom is 0.337 e. The third-order valence-corrected chi connectivity index (χ3v) is 3.64. The molecular weight excluding hydrogens is 278 g/mol. The lowest BCUT2D eigenvalue weighted by Crippen LogP contribution is -2.20. The van der Waals surface area contributed by atoms with Crippen LogP contribution in [-0.4, -0.2) is 34.6 Å². The molecule has 1 aromatic rings. The normalized spacial score (nSPS) is 11.0. The first-order chi connectivity index (χ1) is 9.23. The topological polar surface area (TPSA) is 75.6 Å². The zero-order valence-corrected chi connectivity index (χ0v) is 12.8. The van der Waals surface area contributed by atoms with Gasteiger partial charge in [0.2, 0.25) is 5.91 Å². The number of benzene rings is 1. The number of carboxylic acids is 1. The van der Waals surface area contributed by atoms with Gasteiger partial charge >= 0.3 is 5.97 Å². The number of hydrogen-bond donors (Lipinski definition) is 2. The predicted molar refractivity (Wildman–Crippen MR) is 80.8 cm³/mol. The molecule has 0 heterocycles. The molecule has 0 aliphatic carbocycles. The number of ether oxygens (including phenoxy) is 1. The minimum Gasteiger partial charge on any atom is -0.497 e. The van der Waals surface area contributed by atoms with E-state index in [-0.39, 0.29) is 27.7 Å². The number of amides is 1. The van der Waals surface area contributed by atoms with Gasteiger partial charge in [-0.25, -0.2) is 4.79 Å². The minimum atomic E-state index is -1.11. The second kappa shape index (κ2) is 6.65. The first-order valence-corrected chi connectivity index (χ1v) is 7.06. The molecule has 0 fully saturated rings. The Morgan fingerprint density at radius 2 is 2.00 bits per heavy atom. The molecule has 0 aromatic heterocycles. The van der Waals surface area contributed by atoms with E-state index in [9.17, 15) is 9.59 Å². The number of rotatable bonds is 5. The van der Waals surface area contributed by atoms with Crippen molar-refractivity contribution < 1.29 is 19.4 Å². The van der Waals surface area contributed by atoms with Gasteiger partial charge in [-0.2, -0.15) is 0 Å².